The third kappa shape index (κ3) is 4.45. The van der Waals surface area contributed by atoms with E-state index in [-0.39, 0.29) is 12.5 Å². The normalized spacial score (nSPS) is 10.2. The number of hydrogen-bond donors (Lipinski definition) is 1. The number of halogens is 2. The number of nitrogens with one attached hydrogen (secondary N) is 1. The van der Waals surface area contributed by atoms with Gasteiger partial charge in [-0.2, -0.15) is 0 Å². The van der Waals surface area contributed by atoms with Crippen LogP contribution in [0.25, 0.3) is 0 Å². The number of carbonyl (C=O) groups excluding carboxylic acids is 2. The predicted octanol–water partition coefficient (Wildman–Crippen LogP) is 3.48. The summed E-state index contributed by atoms with van der Waals surface area (Å²) in [7, 11) is 1.49. The summed E-state index contributed by atoms with van der Waals surface area (Å²) in [4.78, 5) is 25.2. The second-order valence-corrected chi connectivity index (χ2v) is 5.39. The highest BCUT2D eigenvalue weighted by Gasteiger charge is 2.16. The van der Waals surface area contributed by atoms with Crippen LogP contribution in [0.3, 0.4) is 0 Å². The number of nitrogens with zero attached hydrogens (tertiary/aromatic N) is 1. The van der Waals surface area contributed by atoms with E-state index in [0.717, 1.165) is 0 Å². The van der Waals surface area contributed by atoms with Gasteiger partial charge in [0.2, 0.25) is 11.8 Å². The molecule has 2 amide bonds. The van der Waals surface area contributed by atoms with E-state index in [1.807, 2.05) is 0 Å². The molecule has 24 heavy (non-hydrogen) atoms. The lowest BCUT2D eigenvalue weighted by Gasteiger charge is -2.20. The van der Waals surface area contributed by atoms with Crippen molar-refractivity contribution in [2.24, 2.45) is 0 Å². The standard InChI is InChI=1S/C17H16ClFN2O3/c1-11(22)21(14-6-3-12(19)4-7-14)10-17(23)20-13-5-8-16(24-2)15(18)9-13/h3-9H,10H2,1-2H3,(H,20,23). The molecule has 0 heterocycles. The molecule has 0 fully saturated rings. The molecule has 0 saturated carbocycles. The maximum absolute atomic E-state index is 13.0. The average Bonchev–Trinajstić information content (AvgIpc) is 2.53. The van der Waals surface area contributed by atoms with Crippen molar-refractivity contribution in [1.82, 2.24) is 0 Å². The zero-order valence-electron chi connectivity index (χ0n) is 13.2. The third-order valence-electron chi connectivity index (χ3n) is 3.26. The minimum Gasteiger partial charge on any atom is -0.495 e. The molecule has 5 nitrogen and oxygen atoms in total. The molecule has 7 heteroatoms. The summed E-state index contributed by atoms with van der Waals surface area (Å²) in [6.45, 7) is 1.13. The quantitative estimate of drug-likeness (QED) is 0.898. The molecule has 0 aromatic heterocycles. The van der Waals surface area contributed by atoms with Gasteiger partial charge in [-0.25, -0.2) is 4.39 Å². The van der Waals surface area contributed by atoms with E-state index in [4.69, 9.17) is 16.3 Å². The van der Waals surface area contributed by atoms with Crippen LogP contribution in [0.2, 0.25) is 5.02 Å². The number of hydrogen-bond acceptors (Lipinski definition) is 3. The first-order valence-electron chi connectivity index (χ1n) is 7.07. The number of methoxy groups -OCH3 is 1. The number of benzene rings is 2. The SMILES string of the molecule is COc1ccc(NC(=O)CN(C(C)=O)c2ccc(F)cc2)cc1Cl. The van der Waals surface area contributed by atoms with Crippen molar-refractivity contribution in [2.75, 3.05) is 23.9 Å². The molecule has 0 spiro atoms. The van der Waals surface area contributed by atoms with Crippen molar-refractivity contribution in [1.29, 1.82) is 0 Å². The third-order valence-corrected chi connectivity index (χ3v) is 3.55. The van der Waals surface area contributed by atoms with Gasteiger partial charge in [0.05, 0.1) is 12.1 Å². The van der Waals surface area contributed by atoms with Crippen molar-refractivity contribution in [2.45, 2.75) is 6.92 Å². The Morgan fingerprint density at radius 3 is 2.42 bits per heavy atom. The summed E-state index contributed by atoms with van der Waals surface area (Å²) in [6.07, 6.45) is 0. The zero-order valence-corrected chi connectivity index (χ0v) is 13.9. The largest absolute Gasteiger partial charge is 0.495 e. The number of anilines is 2. The van der Waals surface area contributed by atoms with Crippen LogP contribution in [0, 0.1) is 5.82 Å². The first-order chi connectivity index (χ1) is 11.4. The lowest BCUT2D eigenvalue weighted by molar-refractivity contribution is -0.120. The van der Waals surface area contributed by atoms with Crippen molar-refractivity contribution in [3.8, 4) is 5.75 Å². The van der Waals surface area contributed by atoms with Gasteiger partial charge in [-0.1, -0.05) is 11.6 Å². The molecule has 0 unspecified atom stereocenters. The van der Waals surface area contributed by atoms with E-state index < -0.39 is 11.7 Å². The molecule has 126 valence electrons. The molecule has 0 atom stereocenters. The van der Waals surface area contributed by atoms with Crippen LogP contribution in [-0.4, -0.2) is 25.5 Å². The van der Waals surface area contributed by atoms with Gasteiger partial charge in [0.25, 0.3) is 0 Å². The van der Waals surface area contributed by atoms with E-state index in [1.54, 1.807) is 18.2 Å². The molecule has 1 N–H and O–H groups in total. The molecule has 0 aliphatic heterocycles. The Balaban J connectivity index is 2.09. The summed E-state index contributed by atoms with van der Waals surface area (Å²) in [6, 6.07) is 10.1. The predicted molar refractivity (Wildman–Crippen MR) is 91.1 cm³/mol. The molecule has 0 aliphatic carbocycles. The van der Waals surface area contributed by atoms with Crippen LogP contribution in [0.4, 0.5) is 15.8 Å². The van der Waals surface area contributed by atoms with E-state index in [9.17, 15) is 14.0 Å². The Hall–Kier alpha value is -2.60. The van der Waals surface area contributed by atoms with Crippen LogP contribution in [-0.2, 0) is 9.59 Å². The number of carbonyl (C=O) groups is 2. The number of rotatable bonds is 5. The first kappa shape index (κ1) is 17.7. The fourth-order valence-electron chi connectivity index (χ4n) is 2.09. The minimum absolute atomic E-state index is 0.204. The van der Waals surface area contributed by atoms with Gasteiger partial charge in [-0.05, 0) is 42.5 Å². The maximum atomic E-state index is 13.0. The van der Waals surface area contributed by atoms with Crippen molar-refractivity contribution in [3.05, 3.63) is 53.3 Å². The Morgan fingerprint density at radius 1 is 1.21 bits per heavy atom. The fourth-order valence-corrected chi connectivity index (χ4v) is 2.35. The molecule has 0 bridgehead atoms. The Labute approximate surface area is 144 Å². The Morgan fingerprint density at radius 2 is 1.88 bits per heavy atom. The van der Waals surface area contributed by atoms with Gasteiger partial charge >= 0.3 is 0 Å². The van der Waals surface area contributed by atoms with Crippen LogP contribution in [0.1, 0.15) is 6.92 Å². The van der Waals surface area contributed by atoms with Crippen molar-refractivity contribution < 1.29 is 18.7 Å². The van der Waals surface area contributed by atoms with Crippen LogP contribution in [0.15, 0.2) is 42.5 Å². The van der Waals surface area contributed by atoms with E-state index in [1.165, 1.54) is 43.2 Å². The monoisotopic (exact) mass is 350 g/mol. The van der Waals surface area contributed by atoms with Crippen LogP contribution in [0.5, 0.6) is 5.75 Å². The number of ether oxygens (including phenoxy) is 1. The van der Waals surface area contributed by atoms with Gasteiger partial charge in [-0.3, -0.25) is 9.59 Å². The smallest absolute Gasteiger partial charge is 0.244 e. The lowest BCUT2D eigenvalue weighted by atomic mass is 10.2. The minimum atomic E-state index is -0.417. The second-order valence-electron chi connectivity index (χ2n) is 4.98. The molecule has 0 saturated heterocycles. The highest BCUT2D eigenvalue weighted by atomic mass is 35.5. The molecular weight excluding hydrogens is 335 g/mol. The summed E-state index contributed by atoms with van der Waals surface area (Å²) in [5.74, 6) is -0.661. The van der Waals surface area contributed by atoms with E-state index in [0.29, 0.717) is 22.1 Å². The summed E-state index contributed by atoms with van der Waals surface area (Å²) < 4.78 is 18.0. The first-order valence-corrected chi connectivity index (χ1v) is 7.45. The second kappa shape index (κ2) is 7.79. The van der Waals surface area contributed by atoms with Crippen molar-refractivity contribution in [3.63, 3.8) is 0 Å². The highest BCUT2D eigenvalue weighted by molar-refractivity contribution is 6.32. The fraction of sp³-hybridized carbons (Fsp3) is 0.176. The van der Waals surface area contributed by atoms with Gasteiger partial charge in [0, 0.05) is 18.3 Å². The molecule has 0 aliphatic rings. The Kier molecular flexibility index (Phi) is 5.76. The van der Waals surface area contributed by atoms with Crippen LogP contribution >= 0.6 is 11.6 Å². The average molecular weight is 351 g/mol. The molecule has 0 radical (unpaired) electrons. The molecule has 2 aromatic carbocycles. The van der Waals surface area contributed by atoms with Gasteiger partial charge < -0.3 is 15.0 Å². The number of amides is 2. The lowest BCUT2D eigenvalue weighted by Crippen LogP contribution is -2.36. The highest BCUT2D eigenvalue weighted by Crippen LogP contribution is 2.27. The molecular formula is C17H16ClFN2O3. The van der Waals surface area contributed by atoms with Gasteiger partial charge in [0.15, 0.2) is 0 Å². The van der Waals surface area contributed by atoms with Gasteiger partial charge in [-0.15, -0.1) is 0 Å². The Bertz CT molecular complexity index is 750. The maximum Gasteiger partial charge on any atom is 0.244 e. The summed E-state index contributed by atoms with van der Waals surface area (Å²) in [5.41, 5.74) is 0.917. The van der Waals surface area contributed by atoms with E-state index >= 15 is 0 Å². The summed E-state index contributed by atoms with van der Waals surface area (Å²) in [5, 5.41) is 3.01. The van der Waals surface area contributed by atoms with E-state index in [2.05, 4.69) is 5.32 Å². The van der Waals surface area contributed by atoms with Gasteiger partial charge in [0.1, 0.15) is 18.1 Å². The molecule has 2 rings (SSSR count). The topological polar surface area (TPSA) is 58.6 Å². The summed E-state index contributed by atoms with van der Waals surface area (Å²) >= 11 is 6.00. The van der Waals surface area contributed by atoms with Crippen molar-refractivity contribution >= 4 is 34.8 Å². The molecule has 2 aromatic rings. The zero-order chi connectivity index (χ0) is 17.7. The van der Waals surface area contributed by atoms with Crippen LogP contribution < -0.4 is 15.0 Å².